The fraction of sp³-hybridized carbons (Fsp3) is 0.833. The van der Waals surface area contributed by atoms with Crippen molar-refractivity contribution >= 4 is 16.8 Å². The molecule has 0 amide bonds. The summed E-state index contributed by atoms with van der Waals surface area (Å²) < 4.78 is 0. The molecule has 0 aromatic carbocycles. The molecule has 0 aromatic heterocycles. The van der Waals surface area contributed by atoms with E-state index >= 15 is 0 Å². The van der Waals surface area contributed by atoms with Crippen LogP contribution in [0.1, 0.15) is 20.8 Å². The lowest BCUT2D eigenvalue weighted by Gasteiger charge is -2.16. The van der Waals surface area contributed by atoms with Crippen molar-refractivity contribution in [3.63, 3.8) is 0 Å². The zero-order valence-electron chi connectivity index (χ0n) is 5.91. The van der Waals surface area contributed by atoms with Gasteiger partial charge in [-0.05, 0) is 6.26 Å². The van der Waals surface area contributed by atoms with Crippen LogP contribution in [-0.2, 0) is 0 Å². The van der Waals surface area contributed by atoms with Gasteiger partial charge in [0.2, 0.25) is 0 Å². The molecule has 1 nitrogen and oxygen atoms in total. The predicted octanol–water partition coefficient (Wildman–Crippen LogP) is 2.37. The second-order valence-corrected chi connectivity index (χ2v) is 3.60. The van der Waals surface area contributed by atoms with E-state index in [1.807, 2.05) is 27.0 Å². The number of thioether (sulfide) groups is 1. The molecule has 0 aliphatic carbocycles. The van der Waals surface area contributed by atoms with E-state index < -0.39 is 0 Å². The van der Waals surface area contributed by atoms with Crippen LogP contribution in [0.5, 0.6) is 0 Å². The van der Waals surface area contributed by atoms with Crippen molar-refractivity contribution in [1.29, 1.82) is 5.41 Å². The minimum absolute atomic E-state index is 0.0550. The molecule has 0 aliphatic heterocycles. The van der Waals surface area contributed by atoms with Crippen molar-refractivity contribution in [2.24, 2.45) is 5.41 Å². The lowest BCUT2D eigenvalue weighted by molar-refractivity contribution is 0.599. The minimum atomic E-state index is 0.0550. The highest BCUT2D eigenvalue weighted by Crippen LogP contribution is 2.20. The van der Waals surface area contributed by atoms with Gasteiger partial charge < -0.3 is 0 Å². The molecule has 0 atom stereocenters. The first-order valence-electron chi connectivity index (χ1n) is 2.61. The van der Waals surface area contributed by atoms with Gasteiger partial charge in [-0.3, -0.25) is 5.41 Å². The van der Waals surface area contributed by atoms with Gasteiger partial charge in [0.05, 0.1) is 5.04 Å². The smallest absolute Gasteiger partial charge is 0.0692 e. The van der Waals surface area contributed by atoms with Gasteiger partial charge in [0.1, 0.15) is 0 Å². The van der Waals surface area contributed by atoms with Crippen molar-refractivity contribution in [3.8, 4) is 0 Å². The van der Waals surface area contributed by atoms with Crippen LogP contribution in [0.4, 0.5) is 0 Å². The molecule has 0 saturated heterocycles. The van der Waals surface area contributed by atoms with E-state index in [9.17, 15) is 0 Å². The van der Waals surface area contributed by atoms with Crippen LogP contribution < -0.4 is 0 Å². The number of hydrogen-bond acceptors (Lipinski definition) is 2. The number of rotatable bonds is 0. The van der Waals surface area contributed by atoms with Gasteiger partial charge >= 0.3 is 0 Å². The maximum absolute atomic E-state index is 7.35. The maximum Gasteiger partial charge on any atom is 0.0692 e. The summed E-state index contributed by atoms with van der Waals surface area (Å²) in [6.07, 6.45) is 1.94. The Kier molecular flexibility index (Phi) is 2.54. The molecule has 0 saturated carbocycles. The lowest BCUT2D eigenvalue weighted by Crippen LogP contribution is -2.14. The van der Waals surface area contributed by atoms with Crippen LogP contribution in [0.2, 0.25) is 0 Å². The predicted molar refractivity (Wildman–Crippen MR) is 40.7 cm³/mol. The molecule has 8 heavy (non-hydrogen) atoms. The molecule has 0 unspecified atom stereocenters. The van der Waals surface area contributed by atoms with Gasteiger partial charge in [0.25, 0.3) is 0 Å². The van der Waals surface area contributed by atoms with Crippen molar-refractivity contribution in [1.82, 2.24) is 0 Å². The van der Waals surface area contributed by atoms with Crippen LogP contribution >= 0.6 is 11.8 Å². The fourth-order valence-electron chi connectivity index (χ4n) is 0.306. The minimum Gasteiger partial charge on any atom is -0.298 e. The summed E-state index contributed by atoms with van der Waals surface area (Å²) in [7, 11) is 0. The molecule has 0 aromatic rings. The van der Waals surface area contributed by atoms with Gasteiger partial charge in [0, 0.05) is 5.41 Å². The molecule has 0 fully saturated rings. The van der Waals surface area contributed by atoms with E-state index in [-0.39, 0.29) is 5.41 Å². The largest absolute Gasteiger partial charge is 0.298 e. The quantitative estimate of drug-likeness (QED) is 0.396. The Labute approximate surface area is 55.4 Å². The molecule has 0 spiro atoms. The van der Waals surface area contributed by atoms with Gasteiger partial charge in [-0.25, -0.2) is 0 Å². The Morgan fingerprint density at radius 2 is 1.75 bits per heavy atom. The normalized spacial score (nSPS) is 11.5. The van der Waals surface area contributed by atoms with Crippen LogP contribution in [0.15, 0.2) is 0 Å². The average molecular weight is 131 g/mol. The Bertz CT molecular complexity index is 91.2. The lowest BCUT2D eigenvalue weighted by atomic mass is 9.99. The van der Waals surface area contributed by atoms with Crippen molar-refractivity contribution in [2.45, 2.75) is 20.8 Å². The zero-order valence-corrected chi connectivity index (χ0v) is 6.72. The third-order valence-electron chi connectivity index (χ3n) is 0.885. The summed E-state index contributed by atoms with van der Waals surface area (Å²) in [6, 6.07) is 0. The first kappa shape index (κ1) is 8.02. The van der Waals surface area contributed by atoms with E-state index in [2.05, 4.69) is 0 Å². The van der Waals surface area contributed by atoms with Crippen LogP contribution in [-0.4, -0.2) is 11.3 Å². The van der Waals surface area contributed by atoms with Gasteiger partial charge in [-0.1, -0.05) is 20.8 Å². The third kappa shape index (κ3) is 2.36. The standard InChI is InChI=1S/C6H13NS/c1-6(2,3)5(7)8-4/h7H,1-4H3. The molecule has 0 rings (SSSR count). The summed E-state index contributed by atoms with van der Waals surface area (Å²) in [5.74, 6) is 0. The van der Waals surface area contributed by atoms with E-state index in [0.717, 1.165) is 5.04 Å². The Morgan fingerprint density at radius 3 is 1.75 bits per heavy atom. The summed E-state index contributed by atoms with van der Waals surface area (Å²) in [4.78, 5) is 0. The molecule has 0 radical (unpaired) electrons. The molecular formula is C6H13NS. The Morgan fingerprint density at radius 1 is 1.38 bits per heavy atom. The van der Waals surface area contributed by atoms with Crippen molar-refractivity contribution in [2.75, 3.05) is 6.26 Å². The molecule has 0 bridgehead atoms. The summed E-state index contributed by atoms with van der Waals surface area (Å²) in [6.45, 7) is 6.14. The SMILES string of the molecule is CSC(=N)C(C)(C)C. The highest BCUT2D eigenvalue weighted by molar-refractivity contribution is 8.13. The molecule has 0 aliphatic rings. The highest BCUT2D eigenvalue weighted by Gasteiger charge is 2.14. The molecular weight excluding hydrogens is 118 g/mol. The topological polar surface area (TPSA) is 23.9 Å². The van der Waals surface area contributed by atoms with E-state index in [4.69, 9.17) is 5.41 Å². The van der Waals surface area contributed by atoms with Gasteiger partial charge in [-0.2, -0.15) is 0 Å². The van der Waals surface area contributed by atoms with E-state index in [0.29, 0.717) is 0 Å². The zero-order chi connectivity index (χ0) is 6.78. The van der Waals surface area contributed by atoms with Crippen LogP contribution in [0, 0.1) is 10.8 Å². The maximum atomic E-state index is 7.35. The van der Waals surface area contributed by atoms with Crippen molar-refractivity contribution in [3.05, 3.63) is 0 Å². The van der Waals surface area contributed by atoms with Crippen LogP contribution in [0.3, 0.4) is 0 Å². The Balaban J connectivity index is 3.82. The number of nitrogens with one attached hydrogen (secondary N) is 1. The van der Waals surface area contributed by atoms with Gasteiger partial charge in [-0.15, -0.1) is 11.8 Å². The van der Waals surface area contributed by atoms with Crippen molar-refractivity contribution < 1.29 is 0 Å². The number of hydrogen-bond donors (Lipinski definition) is 1. The summed E-state index contributed by atoms with van der Waals surface area (Å²) in [5, 5.41) is 8.10. The first-order chi connectivity index (χ1) is 3.48. The monoisotopic (exact) mass is 131 g/mol. The second kappa shape index (κ2) is 2.53. The molecule has 48 valence electrons. The molecule has 2 heteroatoms. The molecule has 1 N–H and O–H groups in total. The van der Waals surface area contributed by atoms with E-state index in [1.165, 1.54) is 11.8 Å². The summed E-state index contributed by atoms with van der Waals surface area (Å²) >= 11 is 1.52. The van der Waals surface area contributed by atoms with Gasteiger partial charge in [0.15, 0.2) is 0 Å². The third-order valence-corrected chi connectivity index (χ3v) is 1.91. The second-order valence-electron chi connectivity index (χ2n) is 2.78. The highest BCUT2D eigenvalue weighted by atomic mass is 32.2. The Hall–Kier alpha value is 0.0200. The summed E-state index contributed by atoms with van der Waals surface area (Å²) in [5.41, 5.74) is 0.0550. The van der Waals surface area contributed by atoms with Crippen LogP contribution in [0.25, 0.3) is 0 Å². The van der Waals surface area contributed by atoms with E-state index in [1.54, 1.807) is 0 Å². The first-order valence-corrected chi connectivity index (χ1v) is 3.84. The average Bonchev–Trinajstić information content (AvgIpc) is 1.62. The molecule has 0 heterocycles. The fourth-order valence-corrected chi connectivity index (χ4v) is 0.919.